The van der Waals surface area contributed by atoms with Crippen LogP contribution in [0.15, 0.2) is 30.2 Å². The zero-order chi connectivity index (χ0) is 22.9. The molecule has 0 bridgehead atoms. The number of nitrogens with zero attached hydrogens (tertiary/aromatic N) is 4. The van der Waals surface area contributed by atoms with Crippen molar-refractivity contribution in [2.45, 2.75) is 76.9 Å². The van der Waals surface area contributed by atoms with Crippen molar-refractivity contribution in [3.63, 3.8) is 0 Å². The van der Waals surface area contributed by atoms with E-state index in [0.717, 1.165) is 73.3 Å². The summed E-state index contributed by atoms with van der Waals surface area (Å²) in [5.74, 6) is 1.22. The molecule has 6 nitrogen and oxygen atoms in total. The van der Waals surface area contributed by atoms with Crippen LogP contribution in [0.2, 0.25) is 0 Å². The van der Waals surface area contributed by atoms with Crippen LogP contribution in [0.4, 0.5) is 0 Å². The van der Waals surface area contributed by atoms with Crippen LogP contribution in [-0.4, -0.2) is 51.9 Å². The number of rotatable bonds is 7. The van der Waals surface area contributed by atoms with Gasteiger partial charge in [0, 0.05) is 37.2 Å². The molecule has 5 rings (SSSR count). The summed E-state index contributed by atoms with van der Waals surface area (Å²) in [4.78, 5) is 28.8. The molecule has 0 unspecified atom stereocenters. The van der Waals surface area contributed by atoms with Crippen molar-refractivity contribution in [3.8, 4) is 5.88 Å². The Morgan fingerprint density at radius 3 is 2.64 bits per heavy atom. The average Bonchev–Trinajstić information content (AvgIpc) is 3.36. The summed E-state index contributed by atoms with van der Waals surface area (Å²) in [6.07, 6.45) is 12.0. The van der Waals surface area contributed by atoms with Crippen LogP contribution < -0.4 is 4.74 Å². The van der Waals surface area contributed by atoms with E-state index in [1.807, 2.05) is 25.3 Å². The second-order valence-electron chi connectivity index (χ2n) is 10.2. The Balaban J connectivity index is 1.29. The molecule has 2 aromatic heterocycles. The fraction of sp³-hybridized carbons (Fsp3) is 0.556. The lowest BCUT2D eigenvalue weighted by Crippen LogP contribution is -2.35. The Labute approximate surface area is 196 Å². The second kappa shape index (κ2) is 9.34. The summed E-state index contributed by atoms with van der Waals surface area (Å²) in [5, 5.41) is 0. The van der Waals surface area contributed by atoms with Crippen molar-refractivity contribution in [1.82, 2.24) is 19.9 Å². The number of ketones is 1. The topological polar surface area (TPSA) is 68.2 Å². The van der Waals surface area contributed by atoms with E-state index in [0.29, 0.717) is 18.9 Å². The summed E-state index contributed by atoms with van der Waals surface area (Å²) in [6.45, 7) is 2.01. The van der Waals surface area contributed by atoms with Crippen LogP contribution in [-0.2, 0) is 17.6 Å². The van der Waals surface area contributed by atoms with Gasteiger partial charge in [-0.15, -0.1) is 0 Å². The first-order valence-corrected chi connectivity index (χ1v) is 12.3. The Hall–Kier alpha value is -2.60. The van der Waals surface area contributed by atoms with Crippen LogP contribution in [0.1, 0.15) is 67.5 Å². The fourth-order valence-corrected chi connectivity index (χ4v) is 5.77. The minimum Gasteiger partial charge on any atom is -0.474 e. The number of ether oxygens (including phenoxy) is 1. The summed E-state index contributed by atoms with van der Waals surface area (Å²) in [6, 6.07) is 4.62. The summed E-state index contributed by atoms with van der Waals surface area (Å²) < 4.78 is 6.50. The van der Waals surface area contributed by atoms with Crippen molar-refractivity contribution < 1.29 is 9.53 Å². The van der Waals surface area contributed by atoms with Gasteiger partial charge in [0.2, 0.25) is 5.88 Å². The largest absolute Gasteiger partial charge is 0.474 e. The van der Waals surface area contributed by atoms with Crippen molar-refractivity contribution in [1.29, 1.82) is 0 Å². The Morgan fingerprint density at radius 2 is 1.91 bits per heavy atom. The van der Waals surface area contributed by atoms with E-state index in [9.17, 15) is 4.79 Å². The van der Waals surface area contributed by atoms with Gasteiger partial charge in [0.05, 0.1) is 11.3 Å². The van der Waals surface area contributed by atoms with E-state index in [2.05, 4.69) is 33.9 Å². The van der Waals surface area contributed by atoms with Gasteiger partial charge >= 0.3 is 0 Å². The molecule has 2 heterocycles. The summed E-state index contributed by atoms with van der Waals surface area (Å²) in [7, 11) is 4.32. The number of carbonyl (C=O) groups is 1. The third-order valence-electron chi connectivity index (χ3n) is 7.60. The van der Waals surface area contributed by atoms with Crippen LogP contribution in [0.25, 0.3) is 5.57 Å². The van der Waals surface area contributed by atoms with Gasteiger partial charge < -0.3 is 9.64 Å². The number of fused-ring (bicyclic) bond motifs is 2. The smallest absolute Gasteiger partial charge is 0.224 e. The third kappa shape index (κ3) is 4.72. The number of aromatic nitrogens is 3. The first-order chi connectivity index (χ1) is 16.0. The molecule has 1 fully saturated rings. The molecule has 3 aliphatic rings. The number of pyridine rings is 1. The van der Waals surface area contributed by atoms with Crippen molar-refractivity contribution in [3.05, 3.63) is 52.7 Å². The van der Waals surface area contributed by atoms with Gasteiger partial charge in [-0.25, -0.2) is 9.97 Å². The highest BCUT2D eigenvalue weighted by Gasteiger charge is 2.37. The van der Waals surface area contributed by atoms with Gasteiger partial charge in [-0.1, -0.05) is 11.6 Å². The molecule has 6 heteroatoms. The molecule has 0 aliphatic heterocycles. The van der Waals surface area contributed by atoms with Crippen LogP contribution in [0.3, 0.4) is 0 Å². The van der Waals surface area contributed by atoms with Gasteiger partial charge in [-0.3, -0.25) is 9.78 Å². The minimum atomic E-state index is 0.207. The zero-order valence-corrected chi connectivity index (χ0v) is 20.0. The molecule has 0 amide bonds. The maximum atomic E-state index is 12.9. The van der Waals surface area contributed by atoms with Gasteiger partial charge in [0.15, 0.2) is 0 Å². The van der Waals surface area contributed by atoms with E-state index in [1.165, 1.54) is 11.1 Å². The van der Waals surface area contributed by atoms with Gasteiger partial charge in [-0.2, -0.15) is 0 Å². The Morgan fingerprint density at radius 1 is 1.09 bits per heavy atom. The molecule has 0 aromatic carbocycles. The van der Waals surface area contributed by atoms with E-state index in [1.54, 1.807) is 6.33 Å². The Bertz CT molecular complexity index is 1050. The number of hydrogen-bond donors (Lipinski definition) is 0. The van der Waals surface area contributed by atoms with Gasteiger partial charge in [0.25, 0.3) is 0 Å². The SMILES string of the molecule is Cc1ccc(CC(=O)C[C@H]2CCC3=C2c2c(ncnc2O[C@H]2CC[C@H](N(C)C)CC2)C3)nc1. The van der Waals surface area contributed by atoms with E-state index < -0.39 is 0 Å². The molecular formula is C27H34N4O2. The molecule has 174 valence electrons. The lowest BCUT2D eigenvalue weighted by Gasteiger charge is -2.32. The normalized spacial score (nSPS) is 24.2. The highest BCUT2D eigenvalue weighted by Crippen LogP contribution is 2.50. The quantitative estimate of drug-likeness (QED) is 0.630. The number of hydrogen-bond acceptors (Lipinski definition) is 6. The lowest BCUT2D eigenvalue weighted by molar-refractivity contribution is -0.119. The fourth-order valence-electron chi connectivity index (χ4n) is 5.77. The standard InChI is InChI=1S/C27H34N4O2/c1-17-4-7-20(28-15-17)14-22(32)12-18-5-6-19-13-24-26(25(18)19)27(30-16-29-24)33-23-10-8-21(9-11-23)31(2)3/h4,7,15-16,18,21,23H,5-6,8-14H2,1-3H3/t18-,21-,23-/m1/s1. The van der Waals surface area contributed by atoms with Crippen LogP contribution in [0, 0.1) is 12.8 Å². The van der Waals surface area contributed by atoms with E-state index >= 15 is 0 Å². The first kappa shape index (κ1) is 22.2. The first-order valence-electron chi connectivity index (χ1n) is 12.3. The van der Waals surface area contributed by atoms with E-state index in [-0.39, 0.29) is 17.8 Å². The number of allylic oxidation sites excluding steroid dienone is 2. The van der Waals surface area contributed by atoms with Crippen molar-refractivity contribution >= 4 is 11.4 Å². The monoisotopic (exact) mass is 446 g/mol. The maximum absolute atomic E-state index is 12.9. The molecule has 1 atom stereocenters. The minimum absolute atomic E-state index is 0.207. The number of Topliss-reactive ketones (excluding diaryl/α,β-unsaturated/α-hetero) is 1. The third-order valence-corrected chi connectivity index (χ3v) is 7.60. The molecule has 2 aromatic rings. The molecule has 0 spiro atoms. The molecule has 33 heavy (non-hydrogen) atoms. The van der Waals surface area contributed by atoms with Crippen molar-refractivity contribution in [2.24, 2.45) is 5.92 Å². The van der Waals surface area contributed by atoms with Crippen molar-refractivity contribution in [2.75, 3.05) is 14.1 Å². The molecule has 0 radical (unpaired) electrons. The molecule has 0 N–H and O–H groups in total. The molecular weight excluding hydrogens is 412 g/mol. The highest BCUT2D eigenvalue weighted by atomic mass is 16.5. The predicted molar refractivity (Wildman–Crippen MR) is 128 cm³/mol. The number of carbonyl (C=O) groups excluding carboxylic acids is 1. The summed E-state index contributed by atoms with van der Waals surface area (Å²) >= 11 is 0. The summed E-state index contributed by atoms with van der Waals surface area (Å²) in [5.41, 5.74) is 6.86. The zero-order valence-electron chi connectivity index (χ0n) is 20.0. The van der Waals surface area contributed by atoms with Gasteiger partial charge in [-0.05, 0) is 82.7 Å². The van der Waals surface area contributed by atoms with E-state index in [4.69, 9.17) is 4.74 Å². The van der Waals surface area contributed by atoms with Gasteiger partial charge in [0.1, 0.15) is 18.2 Å². The molecule has 0 saturated heterocycles. The lowest BCUT2D eigenvalue weighted by atomic mass is 9.90. The molecule has 1 saturated carbocycles. The Kier molecular flexibility index (Phi) is 6.28. The predicted octanol–water partition coefficient (Wildman–Crippen LogP) is 4.35. The highest BCUT2D eigenvalue weighted by molar-refractivity contribution is 5.87. The average molecular weight is 447 g/mol. The van der Waals surface area contributed by atoms with Crippen LogP contribution >= 0.6 is 0 Å². The number of aryl methyl sites for hydroxylation is 1. The maximum Gasteiger partial charge on any atom is 0.224 e. The second-order valence-corrected chi connectivity index (χ2v) is 10.2. The molecule has 3 aliphatic carbocycles. The van der Waals surface area contributed by atoms with Crippen LogP contribution in [0.5, 0.6) is 5.88 Å².